The summed E-state index contributed by atoms with van der Waals surface area (Å²) < 4.78 is 40.8. The number of fused-ring (bicyclic) bond motifs is 1. The van der Waals surface area contributed by atoms with E-state index in [9.17, 15) is 23.3 Å². The molecule has 1 atom stereocenters. The molecular formula is C24H19F3N4O2. The molecule has 168 valence electrons. The van der Waals surface area contributed by atoms with Gasteiger partial charge in [0, 0.05) is 40.2 Å². The maximum absolute atomic E-state index is 13.6. The second-order valence-electron chi connectivity index (χ2n) is 7.52. The van der Waals surface area contributed by atoms with Crippen LogP contribution in [0.15, 0.2) is 78.3 Å². The zero-order chi connectivity index (χ0) is 23.8. The first-order chi connectivity index (χ1) is 15.6. The number of nitro groups is 1. The van der Waals surface area contributed by atoms with Gasteiger partial charge in [0.2, 0.25) is 0 Å². The summed E-state index contributed by atoms with van der Waals surface area (Å²) in [4.78, 5) is 15.2. The number of rotatable bonds is 4. The van der Waals surface area contributed by atoms with Crippen LogP contribution in [0.1, 0.15) is 34.0 Å². The Morgan fingerprint density at radius 2 is 1.82 bits per heavy atom. The summed E-state index contributed by atoms with van der Waals surface area (Å²) in [5.74, 6) is 0.308. The number of nitrogens with one attached hydrogen (secondary N) is 2. The standard InChI is InChI=1S/C24H19F3N4O2/c1-14-11-12-16(31(32)33)13-19(14)15(2)28-23-18-8-4-6-10-21(18)29-22(30-23)17-7-3-5-9-20(17)24(25,26)27/h3-13,22,29H,2H2,1H3,(H,28,30). The molecule has 9 heteroatoms. The average Bonchev–Trinajstić information content (AvgIpc) is 2.78. The van der Waals surface area contributed by atoms with E-state index in [1.165, 1.54) is 30.3 Å². The lowest BCUT2D eigenvalue weighted by atomic mass is 10.0. The van der Waals surface area contributed by atoms with E-state index in [0.29, 0.717) is 28.3 Å². The van der Waals surface area contributed by atoms with Crippen molar-refractivity contribution < 1.29 is 18.1 Å². The molecule has 0 aliphatic carbocycles. The van der Waals surface area contributed by atoms with Crippen LogP contribution in [0.3, 0.4) is 0 Å². The summed E-state index contributed by atoms with van der Waals surface area (Å²) in [6.45, 7) is 5.78. The number of amidine groups is 1. The van der Waals surface area contributed by atoms with Gasteiger partial charge < -0.3 is 10.6 Å². The number of halogens is 3. The molecule has 3 aromatic rings. The third kappa shape index (κ3) is 4.43. The smallest absolute Gasteiger partial charge is 0.359 e. The SMILES string of the molecule is C=C(NC1=NC(c2ccccc2C(F)(F)F)Nc2ccccc21)c1cc([N+](=O)[O-])ccc1C. The molecule has 0 radical (unpaired) electrons. The molecule has 2 N–H and O–H groups in total. The zero-order valence-electron chi connectivity index (χ0n) is 17.5. The summed E-state index contributed by atoms with van der Waals surface area (Å²) >= 11 is 0. The van der Waals surface area contributed by atoms with Crippen molar-refractivity contribution >= 4 is 22.9 Å². The van der Waals surface area contributed by atoms with Crippen LogP contribution in [-0.2, 0) is 6.18 Å². The fourth-order valence-electron chi connectivity index (χ4n) is 3.69. The summed E-state index contributed by atoms with van der Waals surface area (Å²) in [6.07, 6.45) is -5.54. The van der Waals surface area contributed by atoms with Gasteiger partial charge in [-0.05, 0) is 30.7 Å². The van der Waals surface area contributed by atoms with Crippen molar-refractivity contribution in [3.63, 3.8) is 0 Å². The van der Waals surface area contributed by atoms with Crippen LogP contribution in [0, 0.1) is 17.0 Å². The third-order valence-electron chi connectivity index (χ3n) is 5.32. The maximum atomic E-state index is 13.6. The predicted octanol–water partition coefficient (Wildman–Crippen LogP) is 6.05. The molecule has 0 spiro atoms. The molecule has 1 aliphatic rings. The Hall–Kier alpha value is -4.14. The lowest BCUT2D eigenvalue weighted by Crippen LogP contribution is -2.30. The maximum Gasteiger partial charge on any atom is 0.416 e. The quantitative estimate of drug-likeness (QED) is 0.373. The Morgan fingerprint density at radius 3 is 2.55 bits per heavy atom. The molecule has 3 aromatic carbocycles. The molecule has 1 aliphatic heterocycles. The lowest BCUT2D eigenvalue weighted by Gasteiger charge is -2.28. The van der Waals surface area contributed by atoms with E-state index in [4.69, 9.17) is 0 Å². The Balaban J connectivity index is 1.75. The van der Waals surface area contributed by atoms with Gasteiger partial charge in [-0.15, -0.1) is 0 Å². The molecule has 0 amide bonds. The van der Waals surface area contributed by atoms with E-state index >= 15 is 0 Å². The molecule has 33 heavy (non-hydrogen) atoms. The average molecular weight is 452 g/mol. The van der Waals surface area contributed by atoms with Crippen LogP contribution in [0.25, 0.3) is 5.70 Å². The number of hydrogen-bond acceptors (Lipinski definition) is 5. The van der Waals surface area contributed by atoms with E-state index in [2.05, 4.69) is 22.2 Å². The molecule has 0 saturated carbocycles. The van der Waals surface area contributed by atoms with Gasteiger partial charge in [0.1, 0.15) is 12.0 Å². The number of aliphatic imine (C=N–C) groups is 1. The Bertz CT molecular complexity index is 1280. The number of benzene rings is 3. The van der Waals surface area contributed by atoms with Crippen molar-refractivity contribution in [2.45, 2.75) is 19.3 Å². The van der Waals surface area contributed by atoms with Gasteiger partial charge >= 0.3 is 6.18 Å². The van der Waals surface area contributed by atoms with Gasteiger partial charge in [0.25, 0.3) is 5.69 Å². The van der Waals surface area contributed by atoms with E-state index in [-0.39, 0.29) is 11.3 Å². The number of non-ortho nitro benzene ring substituents is 1. The predicted molar refractivity (Wildman–Crippen MR) is 121 cm³/mol. The topological polar surface area (TPSA) is 79.6 Å². The minimum Gasteiger partial charge on any atom is -0.359 e. The van der Waals surface area contributed by atoms with Crippen LogP contribution in [0.2, 0.25) is 0 Å². The molecule has 4 rings (SSSR count). The zero-order valence-corrected chi connectivity index (χ0v) is 17.5. The highest BCUT2D eigenvalue weighted by Crippen LogP contribution is 2.38. The molecule has 0 bridgehead atoms. The molecule has 0 fully saturated rings. The normalized spacial score (nSPS) is 15.2. The summed E-state index contributed by atoms with van der Waals surface area (Å²) in [5.41, 5.74) is 1.95. The minimum absolute atomic E-state index is 0.0176. The van der Waals surface area contributed by atoms with Gasteiger partial charge in [-0.2, -0.15) is 13.2 Å². The van der Waals surface area contributed by atoms with Crippen LogP contribution in [0.4, 0.5) is 24.5 Å². The fraction of sp³-hybridized carbons (Fsp3) is 0.125. The van der Waals surface area contributed by atoms with Gasteiger partial charge in [-0.25, -0.2) is 4.99 Å². The van der Waals surface area contributed by atoms with E-state index < -0.39 is 22.8 Å². The van der Waals surface area contributed by atoms with Gasteiger partial charge in [0.05, 0.1) is 10.5 Å². The van der Waals surface area contributed by atoms with Crippen LogP contribution in [-0.4, -0.2) is 10.8 Å². The monoisotopic (exact) mass is 452 g/mol. The van der Waals surface area contributed by atoms with Gasteiger partial charge in [0.15, 0.2) is 0 Å². The number of para-hydroxylation sites is 1. The van der Waals surface area contributed by atoms with Crippen molar-refractivity contribution in [3.05, 3.63) is 111 Å². The van der Waals surface area contributed by atoms with Crippen LogP contribution < -0.4 is 10.6 Å². The van der Waals surface area contributed by atoms with Crippen molar-refractivity contribution in [3.8, 4) is 0 Å². The highest BCUT2D eigenvalue weighted by Gasteiger charge is 2.36. The first kappa shape index (κ1) is 22.1. The van der Waals surface area contributed by atoms with Gasteiger partial charge in [-0.3, -0.25) is 10.1 Å². The minimum atomic E-state index is -4.54. The largest absolute Gasteiger partial charge is 0.416 e. The van der Waals surface area contributed by atoms with E-state index in [0.717, 1.165) is 11.6 Å². The lowest BCUT2D eigenvalue weighted by molar-refractivity contribution is -0.384. The Labute approximate surface area is 187 Å². The summed E-state index contributed by atoms with van der Waals surface area (Å²) in [6, 6.07) is 16.7. The second-order valence-corrected chi connectivity index (χ2v) is 7.52. The molecule has 6 nitrogen and oxygen atoms in total. The van der Waals surface area contributed by atoms with Gasteiger partial charge in [-0.1, -0.05) is 43.0 Å². The number of hydrogen-bond donors (Lipinski definition) is 2. The van der Waals surface area contributed by atoms with Crippen molar-refractivity contribution in [1.29, 1.82) is 0 Å². The highest BCUT2D eigenvalue weighted by molar-refractivity contribution is 6.08. The Kier molecular flexibility index (Phi) is 5.63. The van der Waals surface area contributed by atoms with Crippen molar-refractivity contribution in [1.82, 2.24) is 5.32 Å². The second kappa shape index (κ2) is 8.42. The van der Waals surface area contributed by atoms with E-state index in [1.54, 1.807) is 37.3 Å². The number of nitro benzene ring substituents is 1. The Morgan fingerprint density at radius 1 is 1.12 bits per heavy atom. The molecule has 0 saturated heterocycles. The summed E-state index contributed by atoms with van der Waals surface area (Å²) in [5, 5.41) is 17.3. The molecule has 0 aromatic heterocycles. The first-order valence-corrected chi connectivity index (χ1v) is 9.96. The summed E-state index contributed by atoms with van der Waals surface area (Å²) in [7, 11) is 0. The fourth-order valence-corrected chi connectivity index (χ4v) is 3.69. The van der Waals surface area contributed by atoms with Crippen LogP contribution in [0.5, 0.6) is 0 Å². The molecule has 1 heterocycles. The number of nitrogens with zero attached hydrogens (tertiary/aromatic N) is 2. The highest BCUT2D eigenvalue weighted by atomic mass is 19.4. The molecular weight excluding hydrogens is 433 g/mol. The third-order valence-corrected chi connectivity index (χ3v) is 5.32. The van der Waals surface area contributed by atoms with Crippen molar-refractivity contribution in [2.75, 3.05) is 5.32 Å². The van der Waals surface area contributed by atoms with Crippen LogP contribution >= 0.6 is 0 Å². The first-order valence-electron chi connectivity index (χ1n) is 9.96. The number of aryl methyl sites for hydroxylation is 1. The van der Waals surface area contributed by atoms with Crippen molar-refractivity contribution in [2.24, 2.45) is 4.99 Å². The number of alkyl halides is 3. The number of anilines is 1. The molecule has 1 unspecified atom stereocenters. The van der Waals surface area contributed by atoms with E-state index in [1.807, 2.05) is 0 Å².